The van der Waals surface area contributed by atoms with E-state index in [4.69, 9.17) is 14.2 Å². The molecule has 35 heavy (non-hydrogen) atoms. The molecule has 2 aromatic carbocycles. The number of hydrogen-bond donors (Lipinski definition) is 1. The predicted molar refractivity (Wildman–Crippen MR) is 133 cm³/mol. The number of carbonyl (C=O) groups is 1. The molecular formula is C25H29N3O6S. The Labute approximate surface area is 204 Å². The number of hydrogen-bond acceptors (Lipinski definition) is 7. The Morgan fingerprint density at radius 1 is 1.06 bits per heavy atom. The number of carbonyl (C=O) groups excluding carboxylic acids is 1. The van der Waals surface area contributed by atoms with Crippen molar-refractivity contribution in [3.05, 3.63) is 53.6 Å². The van der Waals surface area contributed by atoms with Crippen LogP contribution in [0.2, 0.25) is 0 Å². The number of ether oxygens (including phenoxy) is 3. The van der Waals surface area contributed by atoms with Gasteiger partial charge in [-0.3, -0.25) is 4.79 Å². The standard InChI is InChI=1S/C25H29N3O6S/c1-16-5-7-20(11-17(16)2)34-14-25(29)26-24-13-21(18-6-8-22(32-3)23(12-18)33-4)27-28(24)19-9-10-35(30,31)15-19/h5-8,11-13,19H,9-10,14-15H2,1-4H3,(H,26,29)/t19-/m0/s1. The van der Waals surface area contributed by atoms with Crippen molar-refractivity contribution >= 4 is 21.6 Å². The third kappa shape index (κ3) is 5.59. The first-order valence-corrected chi connectivity index (χ1v) is 13.0. The van der Waals surface area contributed by atoms with E-state index >= 15 is 0 Å². The van der Waals surface area contributed by atoms with Gasteiger partial charge in [0.05, 0.1) is 37.5 Å². The number of benzene rings is 2. The summed E-state index contributed by atoms with van der Waals surface area (Å²) in [4.78, 5) is 12.7. The number of methoxy groups -OCH3 is 2. The second-order valence-corrected chi connectivity index (χ2v) is 10.8. The molecule has 0 radical (unpaired) electrons. The van der Waals surface area contributed by atoms with Crippen LogP contribution in [0.5, 0.6) is 17.2 Å². The smallest absolute Gasteiger partial charge is 0.263 e. The average molecular weight is 500 g/mol. The number of aromatic nitrogens is 2. The fourth-order valence-electron chi connectivity index (χ4n) is 4.00. The Morgan fingerprint density at radius 2 is 1.83 bits per heavy atom. The molecule has 0 spiro atoms. The molecule has 1 aromatic heterocycles. The van der Waals surface area contributed by atoms with E-state index in [0.29, 0.717) is 35.2 Å². The molecule has 0 aliphatic carbocycles. The molecule has 9 nitrogen and oxygen atoms in total. The number of anilines is 1. The van der Waals surface area contributed by atoms with E-state index in [0.717, 1.165) is 16.7 Å². The molecule has 1 amide bonds. The summed E-state index contributed by atoms with van der Waals surface area (Å²) in [6.07, 6.45) is 0.428. The SMILES string of the molecule is COc1ccc(-c2cc(NC(=O)COc3ccc(C)c(C)c3)n([C@H]3CCS(=O)(=O)C3)n2)cc1OC. The Hall–Kier alpha value is -3.53. The summed E-state index contributed by atoms with van der Waals surface area (Å²) >= 11 is 0. The molecule has 1 atom stereocenters. The van der Waals surface area contributed by atoms with Gasteiger partial charge >= 0.3 is 0 Å². The minimum absolute atomic E-state index is 0.0257. The first kappa shape index (κ1) is 24.6. The fourth-order valence-corrected chi connectivity index (χ4v) is 5.69. The van der Waals surface area contributed by atoms with Crippen molar-refractivity contribution < 1.29 is 27.4 Å². The third-order valence-corrected chi connectivity index (χ3v) is 7.84. The number of sulfone groups is 1. The molecule has 1 fully saturated rings. The number of rotatable bonds is 8. The lowest BCUT2D eigenvalue weighted by Crippen LogP contribution is -2.23. The minimum Gasteiger partial charge on any atom is -0.493 e. The summed E-state index contributed by atoms with van der Waals surface area (Å²) in [6, 6.07) is 12.4. The zero-order valence-corrected chi connectivity index (χ0v) is 21.0. The Kier molecular flexibility index (Phi) is 7.02. The van der Waals surface area contributed by atoms with Gasteiger partial charge < -0.3 is 19.5 Å². The van der Waals surface area contributed by atoms with Crippen LogP contribution in [0.3, 0.4) is 0 Å². The van der Waals surface area contributed by atoms with Gasteiger partial charge in [-0.2, -0.15) is 5.10 Å². The van der Waals surface area contributed by atoms with Gasteiger partial charge in [0.25, 0.3) is 5.91 Å². The largest absolute Gasteiger partial charge is 0.493 e. The molecule has 0 bridgehead atoms. The van der Waals surface area contributed by atoms with E-state index in [1.54, 1.807) is 37.1 Å². The van der Waals surface area contributed by atoms with Crippen LogP contribution in [0.1, 0.15) is 23.6 Å². The van der Waals surface area contributed by atoms with Crippen molar-refractivity contribution in [2.45, 2.75) is 26.3 Å². The topological polar surface area (TPSA) is 109 Å². The highest BCUT2D eigenvalue weighted by molar-refractivity contribution is 7.91. The average Bonchev–Trinajstić information content (AvgIpc) is 3.41. The van der Waals surface area contributed by atoms with Crippen molar-refractivity contribution in [3.63, 3.8) is 0 Å². The van der Waals surface area contributed by atoms with E-state index in [1.807, 2.05) is 38.1 Å². The highest BCUT2D eigenvalue weighted by atomic mass is 32.2. The van der Waals surface area contributed by atoms with Crippen molar-refractivity contribution in [1.29, 1.82) is 0 Å². The first-order valence-electron chi connectivity index (χ1n) is 11.2. The highest BCUT2D eigenvalue weighted by Gasteiger charge is 2.32. The summed E-state index contributed by atoms with van der Waals surface area (Å²) in [5.74, 6) is 1.82. The van der Waals surface area contributed by atoms with Gasteiger partial charge in [-0.1, -0.05) is 6.07 Å². The van der Waals surface area contributed by atoms with Gasteiger partial charge in [0.15, 0.2) is 27.9 Å². The summed E-state index contributed by atoms with van der Waals surface area (Å²) in [5.41, 5.74) is 3.52. The quantitative estimate of drug-likeness (QED) is 0.505. The maximum Gasteiger partial charge on any atom is 0.263 e. The number of aryl methyl sites for hydroxylation is 2. The van der Waals surface area contributed by atoms with E-state index < -0.39 is 9.84 Å². The molecule has 2 heterocycles. The van der Waals surface area contributed by atoms with Crippen LogP contribution < -0.4 is 19.5 Å². The van der Waals surface area contributed by atoms with Gasteiger partial charge in [-0.25, -0.2) is 13.1 Å². The van der Waals surface area contributed by atoms with Gasteiger partial charge in [-0.05, 0) is 61.7 Å². The van der Waals surface area contributed by atoms with Crippen molar-refractivity contribution in [2.24, 2.45) is 0 Å². The van der Waals surface area contributed by atoms with E-state index in [2.05, 4.69) is 10.4 Å². The van der Waals surface area contributed by atoms with Crippen LogP contribution in [0.25, 0.3) is 11.3 Å². The third-order valence-electron chi connectivity index (χ3n) is 6.09. The zero-order chi connectivity index (χ0) is 25.2. The molecule has 1 N–H and O–H groups in total. The van der Waals surface area contributed by atoms with Gasteiger partial charge in [0.1, 0.15) is 11.6 Å². The van der Waals surface area contributed by atoms with Gasteiger partial charge in [0.2, 0.25) is 0 Å². The van der Waals surface area contributed by atoms with Crippen LogP contribution in [-0.2, 0) is 14.6 Å². The Morgan fingerprint density at radius 3 is 2.49 bits per heavy atom. The molecule has 10 heteroatoms. The minimum atomic E-state index is -3.15. The van der Waals surface area contributed by atoms with Crippen molar-refractivity contribution in [3.8, 4) is 28.5 Å². The Bertz CT molecular complexity index is 1350. The second kappa shape index (κ2) is 9.99. The molecular weight excluding hydrogens is 470 g/mol. The first-order chi connectivity index (χ1) is 16.7. The maximum atomic E-state index is 12.7. The van der Waals surface area contributed by atoms with Crippen LogP contribution >= 0.6 is 0 Å². The predicted octanol–water partition coefficient (Wildman–Crippen LogP) is 3.56. The van der Waals surface area contributed by atoms with Crippen LogP contribution in [0, 0.1) is 13.8 Å². The van der Waals surface area contributed by atoms with E-state index in [-0.39, 0.29) is 30.1 Å². The maximum absolute atomic E-state index is 12.7. The zero-order valence-electron chi connectivity index (χ0n) is 20.2. The summed E-state index contributed by atoms with van der Waals surface area (Å²) < 4.78 is 42.2. The van der Waals surface area contributed by atoms with Gasteiger partial charge in [0, 0.05) is 11.6 Å². The van der Waals surface area contributed by atoms with E-state index in [1.165, 1.54) is 0 Å². The van der Waals surface area contributed by atoms with E-state index in [9.17, 15) is 13.2 Å². The second-order valence-electron chi connectivity index (χ2n) is 8.57. The Balaban J connectivity index is 1.59. The molecule has 4 rings (SSSR count). The summed E-state index contributed by atoms with van der Waals surface area (Å²) in [6.45, 7) is 3.79. The number of amides is 1. The summed E-state index contributed by atoms with van der Waals surface area (Å²) in [7, 11) is -0.0502. The molecule has 1 aliphatic heterocycles. The van der Waals surface area contributed by atoms with Crippen LogP contribution in [0.4, 0.5) is 5.82 Å². The fraction of sp³-hybridized carbons (Fsp3) is 0.360. The summed E-state index contributed by atoms with van der Waals surface area (Å²) in [5, 5.41) is 7.49. The molecule has 3 aromatic rings. The van der Waals surface area contributed by atoms with Crippen molar-refractivity contribution in [2.75, 3.05) is 37.6 Å². The molecule has 1 saturated heterocycles. The molecule has 0 saturated carbocycles. The molecule has 186 valence electrons. The monoisotopic (exact) mass is 499 g/mol. The van der Waals surface area contributed by atoms with Crippen LogP contribution in [0.15, 0.2) is 42.5 Å². The molecule has 1 aliphatic rings. The normalized spacial score (nSPS) is 16.6. The van der Waals surface area contributed by atoms with Crippen molar-refractivity contribution in [1.82, 2.24) is 9.78 Å². The van der Waals surface area contributed by atoms with Crippen LogP contribution in [-0.4, -0.2) is 56.4 Å². The van der Waals surface area contributed by atoms with Gasteiger partial charge in [-0.15, -0.1) is 0 Å². The lowest BCUT2D eigenvalue weighted by Gasteiger charge is -2.14. The lowest BCUT2D eigenvalue weighted by molar-refractivity contribution is -0.118. The molecule has 0 unspecified atom stereocenters. The number of nitrogens with zero attached hydrogens (tertiary/aromatic N) is 2. The number of nitrogens with one attached hydrogen (secondary N) is 1. The highest BCUT2D eigenvalue weighted by Crippen LogP contribution is 2.34. The lowest BCUT2D eigenvalue weighted by atomic mass is 10.1.